The largest absolute Gasteiger partial charge is 0.431 e. The summed E-state index contributed by atoms with van der Waals surface area (Å²) < 4.78 is 64.8. The van der Waals surface area contributed by atoms with Gasteiger partial charge in [-0.15, -0.1) is 0 Å². The van der Waals surface area contributed by atoms with Gasteiger partial charge in [-0.3, -0.25) is 14.2 Å². The zero-order chi connectivity index (χ0) is 21.6. The van der Waals surface area contributed by atoms with Crippen LogP contribution in [-0.4, -0.2) is 34.8 Å². The highest BCUT2D eigenvalue weighted by atomic mass is 35.5. The summed E-state index contributed by atoms with van der Waals surface area (Å²) in [5.74, 6) is -0.830. The number of hydrogen-bond acceptors (Lipinski definition) is 5. The molecule has 0 N–H and O–H groups in total. The van der Waals surface area contributed by atoms with E-state index in [1.165, 1.54) is 0 Å². The molecule has 0 aliphatic rings. The summed E-state index contributed by atoms with van der Waals surface area (Å²) in [4.78, 5) is 35.3. The fourth-order valence-electron chi connectivity index (χ4n) is 2.28. The lowest BCUT2D eigenvalue weighted by atomic mass is 10.3. The summed E-state index contributed by atoms with van der Waals surface area (Å²) in [5, 5.41) is -0.311. The van der Waals surface area contributed by atoms with E-state index in [1.54, 1.807) is 0 Å². The standard InChI is InChI=1S/C15H13ClF3N3O5S/c1-8(23)21(3)28(26,27)11-6-9(4-5-10(11)16)22-13(24)7-12(15(17,18)19)20(2)14(22)25/h4-7H,1-3H3. The fraction of sp³-hybridized carbons (Fsp3) is 0.267. The van der Waals surface area contributed by atoms with Crippen LogP contribution in [0.4, 0.5) is 13.2 Å². The summed E-state index contributed by atoms with van der Waals surface area (Å²) in [6.07, 6.45) is -4.94. The third kappa shape index (κ3) is 3.69. The van der Waals surface area contributed by atoms with Crippen LogP contribution in [0.3, 0.4) is 0 Å². The lowest BCUT2D eigenvalue weighted by Gasteiger charge is -2.18. The molecule has 0 bridgehead atoms. The maximum atomic E-state index is 12.9. The molecular formula is C15H13ClF3N3O5S. The summed E-state index contributed by atoms with van der Waals surface area (Å²) in [6.45, 7) is 0.991. The maximum absolute atomic E-state index is 12.9. The van der Waals surface area contributed by atoms with Crippen molar-refractivity contribution in [1.82, 2.24) is 13.4 Å². The van der Waals surface area contributed by atoms with Gasteiger partial charge in [0.1, 0.15) is 10.6 Å². The second-order valence-electron chi connectivity index (χ2n) is 5.65. The number of halogens is 4. The van der Waals surface area contributed by atoms with Crippen LogP contribution in [0.25, 0.3) is 5.69 Å². The Morgan fingerprint density at radius 2 is 1.75 bits per heavy atom. The number of hydrogen-bond donors (Lipinski definition) is 0. The average Bonchev–Trinajstić information content (AvgIpc) is 2.57. The van der Waals surface area contributed by atoms with Crippen LogP contribution in [0.1, 0.15) is 12.6 Å². The molecule has 1 aromatic heterocycles. The van der Waals surface area contributed by atoms with E-state index < -0.39 is 43.9 Å². The lowest BCUT2D eigenvalue weighted by Crippen LogP contribution is -2.40. The Morgan fingerprint density at radius 1 is 1.18 bits per heavy atom. The Kier molecular flexibility index (Phi) is 5.50. The molecule has 0 aliphatic carbocycles. The number of amides is 1. The summed E-state index contributed by atoms with van der Waals surface area (Å²) in [5.41, 5.74) is -4.46. The molecule has 0 atom stereocenters. The first-order valence-electron chi connectivity index (χ1n) is 7.39. The normalized spacial score (nSPS) is 12.1. The first kappa shape index (κ1) is 21.7. The third-order valence-electron chi connectivity index (χ3n) is 3.87. The molecule has 8 nitrogen and oxygen atoms in total. The van der Waals surface area contributed by atoms with Gasteiger partial charge in [0.25, 0.3) is 15.6 Å². The number of carbonyl (C=O) groups is 1. The molecule has 0 saturated heterocycles. The minimum absolute atomic E-state index is 0.214. The van der Waals surface area contributed by atoms with Crippen molar-refractivity contribution in [3.05, 3.63) is 55.8 Å². The van der Waals surface area contributed by atoms with Crippen molar-refractivity contribution < 1.29 is 26.4 Å². The highest BCUT2D eigenvalue weighted by Crippen LogP contribution is 2.28. The fourth-order valence-corrected chi connectivity index (χ4v) is 3.91. The van der Waals surface area contributed by atoms with Gasteiger partial charge in [-0.2, -0.15) is 13.2 Å². The van der Waals surface area contributed by atoms with Crippen molar-refractivity contribution in [1.29, 1.82) is 0 Å². The highest BCUT2D eigenvalue weighted by molar-refractivity contribution is 7.89. The van der Waals surface area contributed by atoms with E-state index in [1.807, 2.05) is 0 Å². The molecule has 152 valence electrons. The van der Waals surface area contributed by atoms with Gasteiger partial charge < -0.3 is 0 Å². The first-order valence-corrected chi connectivity index (χ1v) is 9.21. The Labute approximate surface area is 161 Å². The molecule has 0 aliphatic heterocycles. The van der Waals surface area contributed by atoms with E-state index in [-0.39, 0.29) is 21.3 Å². The zero-order valence-corrected chi connectivity index (χ0v) is 16.2. The van der Waals surface area contributed by atoms with Gasteiger partial charge in [0, 0.05) is 27.1 Å². The number of benzene rings is 1. The van der Waals surface area contributed by atoms with Crippen LogP contribution in [0, 0.1) is 0 Å². The van der Waals surface area contributed by atoms with Crippen LogP contribution >= 0.6 is 11.6 Å². The topological polar surface area (TPSA) is 98.4 Å². The number of carbonyl (C=O) groups excluding carboxylic acids is 1. The second-order valence-corrected chi connectivity index (χ2v) is 7.99. The summed E-state index contributed by atoms with van der Waals surface area (Å²) >= 11 is 5.88. The predicted molar refractivity (Wildman–Crippen MR) is 92.9 cm³/mol. The molecule has 2 aromatic rings. The van der Waals surface area contributed by atoms with Crippen molar-refractivity contribution >= 4 is 27.5 Å². The maximum Gasteiger partial charge on any atom is 0.431 e. The number of alkyl halides is 3. The van der Waals surface area contributed by atoms with E-state index in [0.717, 1.165) is 39.2 Å². The van der Waals surface area contributed by atoms with Crippen LogP contribution < -0.4 is 11.2 Å². The molecule has 13 heteroatoms. The van der Waals surface area contributed by atoms with Crippen LogP contribution in [0.5, 0.6) is 0 Å². The van der Waals surface area contributed by atoms with Gasteiger partial charge in [-0.05, 0) is 18.2 Å². The number of sulfonamides is 1. The third-order valence-corrected chi connectivity index (χ3v) is 6.18. The summed E-state index contributed by atoms with van der Waals surface area (Å²) in [6, 6.07) is 3.17. The molecule has 1 aromatic carbocycles. The highest BCUT2D eigenvalue weighted by Gasteiger charge is 2.35. The minimum Gasteiger partial charge on any atom is -0.292 e. The minimum atomic E-state index is -4.94. The molecule has 1 heterocycles. The molecule has 1 amide bonds. The number of rotatable bonds is 3. The second kappa shape index (κ2) is 7.09. The van der Waals surface area contributed by atoms with Gasteiger partial charge in [0.15, 0.2) is 0 Å². The van der Waals surface area contributed by atoms with Crippen molar-refractivity contribution in [2.75, 3.05) is 7.05 Å². The lowest BCUT2D eigenvalue weighted by molar-refractivity contribution is -0.144. The summed E-state index contributed by atoms with van der Waals surface area (Å²) in [7, 11) is -2.63. The Morgan fingerprint density at radius 3 is 2.25 bits per heavy atom. The molecule has 0 saturated carbocycles. The SMILES string of the molecule is CC(=O)N(C)S(=O)(=O)c1cc(-n2c(=O)cc(C(F)(F)F)n(C)c2=O)ccc1Cl. The zero-order valence-electron chi connectivity index (χ0n) is 14.6. The molecule has 0 spiro atoms. The van der Waals surface area contributed by atoms with Crippen molar-refractivity contribution in [3.8, 4) is 5.69 Å². The van der Waals surface area contributed by atoms with E-state index in [0.29, 0.717) is 8.87 Å². The molecule has 0 fully saturated rings. The molecule has 0 unspecified atom stereocenters. The van der Waals surface area contributed by atoms with Crippen LogP contribution in [0.15, 0.2) is 38.8 Å². The van der Waals surface area contributed by atoms with Gasteiger partial charge in [0.05, 0.1) is 10.7 Å². The van der Waals surface area contributed by atoms with E-state index in [2.05, 4.69) is 0 Å². The molecule has 2 rings (SSSR count). The molecule has 28 heavy (non-hydrogen) atoms. The Hall–Kier alpha value is -2.60. The van der Waals surface area contributed by atoms with Crippen LogP contribution in [0.2, 0.25) is 5.02 Å². The van der Waals surface area contributed by atoms with E-state index in [4.69, 9.17) is 11.6 Å². The average molecular weight is 440 g/mol. The molecular weight excluding hydrogens is 427 g/mol. The van der Waals surface area contributed by atoms with Crippen LogP contribution in [-0.2, 0) is 28.0 Å². The van der Waals surface area contributed by atoms with E-state index >= 15 is 0 Å². The Bertz CT molecular complexity index is 1180. The molecule has 0 radical (unpaired) electrons. The van der Waals surface area contributed by atoms with E-state index in [9.17, 15) is 36.0 Å². The number of aromatic nitrogens is 2. The Balaban J connectivity index is 2.80. The predicted octanol–water partition coefficient (Wildman–Crippen LogP) is 1.38. The van der Waals surface area contributed by atoms with Gasteiger partial charge in [-0.1, -0.05) is 11.6 Å². The first-order chi connectivity index (χ1) is 12.7. The van der Waals surface area contributed by atoms with Crippen molar-refractivity contribution in [2.45, 2.75) is 18.0 Å². The number of nitrogens with zero attached hydrogens (tertiary/aromatic N) is 3. The smallest absolute Gasteiger partial charge is 0.292 e. The quantitative estimate of drug-likeness (QED) is 0.719. The van der Waals surface area contributed by atoms with Crippen molar-refractivity contribution in [2.24, 2.45) is 7.05 Å². The monoisotopic (exact) mass is 439 g/mol. The van der Waals surface area contributed by atoms with Gasteiger partial charge in [0.2, 0.25) is 5.91 Å². The van der Waals surface area contributed by atoms with Gasteiger partial charge >= 0.3 is 11.9 Å². The van der Waals surface area contributed by atoms with Crippen molar-refractivity contribution in [3.63, 3.8) is 0 Å². The van der Waals surface area contributed by atoms with Gasteiger partial charge in [-0.25, -0.2) is 22.1 Å².